The van der Waals surface area contributed by atoms with Crippen LogP contribution in [0.4, 0.5) is 24.5 Å². The van der Waals surface area contributed by atoms with Crippen molar-refractivity contribution < 1.29 is 22.8 Å². The Labute approximate surface area is 131 Å². The highest BCUT2D eigenvalue weighted by atomic mass is 19.4. The molecule has 1 unspecified atom stereocenters. The van der Waals surface area contributed by atoms with E-state index in [0.717, 1.165) is 6.07 Å². The average molecular weight is 329 g/mol. The summed E-state index contributed by atoms with van der Waals surface area (Å²) in [5.41, 5.74) is -0.592. The van der Waals surface area contributed by atoms with Gasteiger partial charge in [-0.3, -0.25) is 14.9 Å². The van der Waals surface area contributed by atoms with Crippen LogP contribution in [0.25, 0.3) is 0 Å². The fourth-order valence-electron chi connectivity index (χ4n) is 2.31. The number of anilines is 2. The van der Waals surface area contributed by atoms with Crippen LogP contribution in [0.3, 0.4) is 0 Å². The van der Waals surface area contributed by atoms with Crippen molar-refractivity contribution in [2.24, 2.45) is 0 Å². The van der Waals surface area contributed by atoms with Crippen molar-refractivity contribution in [2.75, 3.05) is 17.2 Å². The molecule has 2 amide bonds. The Morgan fingerprint density at radius 3 is 2.65 bits per heavy atom. The molecule has 1 aliphatic rings. The number of halogens is 3. The zero-order chi connectivity index (χ0) is 17.0. The first-order valence-electron chi connectivity index (χ1n) is 7.36. The first-order valence-corrected chi connectivity index (χ1v) is 7.36. The quantitative estimate of drug-likeness (QED) is 0.727. The first kappa shape index (κ1) is 17.1. The van der Waals surface area contributed by atoms with Gasteiger partial charge in [0, 0.05) is 24.3 Å². The van der Waals surface area contributed by atoms with E-state index in [1.807, 2.05) is 6.92 Å². The van der Waals surface area contributed by atoms with Crippen LogP contribution >= 0.6 is 0 Å². The Kier molecular flexibility index (Phi) is 5.12. The maximum atomic E-state index is 13.2. The van der Waals surface area contributed by atoms with Gasteiger partial charge in [-0.25, -0.2) is 0 Å². The number of rotatable bonds is 5. The topological polar surface area (TPSA) is 70.2 Å². The number of hydrogen-bond donors (Lipinski definition) is 3. The molecule has 1 aromatic carbocycles. The number of benzene rings is 1. The van der Waals surface area contributed by atoms with Gasteiger partial charge in [-0.2, -0.15) is 13.2 Å². The molecular formula is C15H18F3N3O2. The van der Waals surface area contributed by atoms with E-state index < -0.39 is 23.7 Å². The third-order valence-corrected chi connectivity index (χ3v) is 3.47. The van der Waals surface area contributed by atoms with Gasteiger partial charge in [-0.1, -0.05) is 6.92 Å². The number of imide groups is 1. The van der Waals surface area contributed by atoms with E-state index in [-0.39, 0.29) is 30.1 Å². The summed E-state index contributed by atoms with van der Waals surface area (Å²) in [7, 11) is 0. The predicted octanol–water partition coefficient (Wildman–Crippen LogP) is 2.74. The molecule has 1 saturated heterocycles. The molecule has 1 fully saturated rings. The molecule has 0 aliphatic carbocycles. The van der Waals surface area contributed by atoms with Crippen molar-refractivity contribution in [2.45, 2.75) is 38.4 Å². The van der Waals surface area contributed by atoms with Crippen molar-refractivity contribution in [1.29, 1.82) is 0 Å². The van der Waals surface area contributed by atoms with Crippen molar-refractivity contribution in [3.05, 3.63) is 23.8 Å². The van der Waals surface area contributed by atoms with Gasteiger partial charge in [0.05, 0.1) is 5.56 Å². The fourth-order valence-corrected chi connectivity index (χ4v) is 2.31. The highest BCUT2D eigenvalue weighted by Gasteiger charge is 2.34. The largest absolute Gasteiger partial charge is 0.418 e. The van der Waals surface area contributed by atoms with Gasteiger partial charge in [0.2, 0.25) is 11.8 Å². The number of alkyl halides is 3. The Bertz CT molecular complexity index is 602. The maximum absolute atomic E-state index is 13.2. The summed E-state index contributed by atoms with van der Waals surface area (Å²) in [5.74, 6) is -0.897. The molecule has 3 N–H and O–H groups in total. The highest BCUT2D eigenvalue weighted by molar-refractivity contribution is 6.01. The van der Waals surface area contributed by atoms with Crippen molar-refractivity contribution in [3.63, 3.8) is 0 Å². The molecule has 1 aliphatic heterocycles. The summed E-state index contributed by atoms with van der Waals surface area (Å²) in [6.45, 7) is 2.29. The van der Waals surface area contributed by atoms with Gasteiger partial charge < -0.3 is 10.6 Å². The van der Waals surface area contributed by atoms with Gasteiger partial charge in [0.25, 0.3) is 0 Å². The molecule has 1 aromatic rings. The Morgan fingerprint density at radius 1 is 1.30 bits per heavy atom. The van der Waals surface area contributed by atoms with Gasteiger partial charge >= 0.3 is 6.18 Å². The van der Waals surface area contributed by atoms with Crippen molar-refractivity contribution >= 4 is 23.2 Å². The summed E-state index contributed by atoms with van der Waals surface area (Å²) in [6.07, 6.45) is -3.39. The molecular weight excluding hydrogens is 311 g/mol. The summed E-state index contributed by atoms with van der Waals surface area (Å²) in [5, 5.41) is 7.66. The van der Waals surface area contributed by atoms with Crippen LogP contribution in [0, 0.1) is 0 Å². The minimum Gasteiger partial charge on any atom is -0.385 e. The van der Waals surface area contributed by atoms with E-state index in [2.05, 4.69) is 16.0 Å². The number of carbonyl (C=O) groups is 2. The molecule has 23 heavy (non-hydrogen) atoms. The summed E-state index contributed by atoms with van der Waals surface area (Å²) >= 11 is 0. The number of hydrogen-bond acceptors (Lipinski definition) is 4. The summed E-state index contributed by atoms with van der Waals surface area (Å²) < 4.78 is 39.5. The van der Waals surface area contributed by atoms with Crippen LogP contribution in [-0.2, 0) is 15.8 Å². The standard InChI is InChI=1S/C15H18F3N3O2/c1-2-7-19-11-4-3-9(8-10(11)15(16,17)18)20-12-5-6-13(22)21-14(12)23/h3-4,8,12,19-20H,2,5-7H2,1H3,(H,21,22,23). The monoisotopic (exact) mass is 329 g/mol. The molecule has 1 heterocycles. The molecule has 0 spiro atoms. The van der Waals surface area contributed by atoms with E-state index in [1.165, 1.54) is 12.1 Å². The zero-order valence-electron chi connectivity index (χ0n) is 12.6. The second-order valence-corrected chi connectivity index (χ2v) is 5.33. The van der Waals surface area contributed by atoms with Crippen molar-refractivity contribution in [1.82, 2.24) is 5.32 Å². The molecule has 1 atom stereocenters. The zero-order valence-corrected chi connectivity index (χ0v) is 12.6. The van der Waals surface area contributed by atoms with Crippen molar-refractivity contribution in [3.8, 4) is 0 Å². The first-order chi connectivity index (χ1) is 10.8. The van der Waals surface area contributed by atoms with Crippen LogP contribution in [-0.4, -0.2) is 24.4 Å². The van der Waals surface area contributed by atoms with Crippen LogP contribution in [0.1, 0.15) is 31.7 Å². The van der Waals surface area contributed by atoms with E-state index in [9.17, 15) is 22.8 Å². The molecule has 0 aromatic heterocycles. The van der Waals surface area contributed by atoms with Crippen LogP contribution in [0.2, 0.25) is 0 Å². The van der Waals surface area contributed by atoms with Crippen LogP contribution in [0.15, 0.2) is 18.2 Å². The predicted molar refractivity (Wildman–Crippen MR) is 80.0 cm³/mol. The summed E-state index contributed by atoms with van der Waals surface area (Å²) in [6, 6.07) is 3.08. The molecule has 5 nitrogen and oxygen atoms in total. The van der Waals surface area contributed by atoms with E-state index in [1.54, 1.807) is 0 Å². The molecule has 2 rings (SSSR count). The number of nitrogens with one attached hydrogen (secondary N) is 3. The van der Waals surface area contributed by atoms with Crippen LogP contribution in [0.5, 0.6) is 0 Å². The number of carbonyl (C=O) groups excluding carboxylic acids is 2. The minimum absolute atomic E-state index is 0.00757. The average Bonchev–Trinajstić information content (AvgIpc) is 2.47. The normalized spacial score (nSPS) is 18.5. The second kappa shape index (κ2) is 6.89. The van der Waals surface area contributed by atoms with Gasteiger partial charge in [-0.15, -0.1) is 0 Å². The van der Waals surface area contributed by atoms with E-state index in [0.29, 0.717) is 13.0 Å². The number of piperidine rings is 1. The lowest BCUT2D eigenvalue weighted by atomic mass is 10.0. The Hall–Kier alpha value is -2.25. The van der Waals surface area contributed by atoms with Crippen LogP contribution < -0.4 is 16.0 Å². The van der Waals surface area contributed by atoms with Gasteiger partial charge in [-0.05, 0) is 31.0 Å². The van der Waals surface area contributed by atoms with E-state index >= 15 is 0 Å². The van der Waals surface area contributed by atoms with Gasteiger partial charge in [0.1, 0.15) is 6.04 Å². The lowest BCUT2D eigenvalue weighted by molar-refractivity contribution is -0.137. The lowest BCUT2D eigenvalue weighted by Crippen LogP contribution is -2.47. The second-order valence-electron chi connectivity index (χ2n) is 5.33. The molecule has 0 radical (unpaired) electrons. The number of amides is 2. The Balaban J connectivity index is 2.20. The molecule has 126 valence electrons. The molecule has 0 saturated carbocycles. The van der Waals surface area contributed by atoms with E-state index in [4.69, 9.17) is 0 Å². The Morgan fingerprint density at radius 2 is 2.04 bits per heavy atom. The maximum Gasteiger partial charge on any atom is 0.418 e. The third-order valence-electron chi connectivity index (χ3n) is 3.47. The minimum atomic E-state index is -4.50. The van der Waals surface area contributed by atoms with Gasteiger partial charge in [0.15, 0.2) is 0 Å². The smallest absolute Gasteiger partial charge is 0.385 e. The summed E-state index contributed by atoms with van der Waals surface area (Å²) in [4.78, 5) is 22.8. The molecule has 8 heteroatoms. The third kappa shape index (κ3) is 4.37. The molecule has 0 bridgehead atoms. The SMILES string of the molecule is CCCNc1ccc(NC2CCC(=O)NC2=O)cc1C(F)(F)F. The fraction of sp³-hybridized carbons (Fsp3) is 0.467. The lowest BCUT2D eigenvalue weighted by Gasteiger charge is -2.24. The highest BCUT2D eigenvalue weighted by Crippen LogP contribution is 2.36.